The van der Waals surface area contributed by atoms with Crippen molar-refractivity contribution in [3.8, 4) is 17.5 Å². The number of amides is 1. The second-order valence-corrected chi connectivity index (χ2v) is 9.39. The average Bonchev–Trinajstić information content (AvgIpc) is 3.20. The van der Waals surface area contributed by atoms with E-state index in [1.165, 1.54) is 17.2 Å². The monoisotopic (exact) mass is 495 g/mol. The van der Waals surface area contributed by atoms with Crippen molar-refractivity contribution in [1.82, 2.24) is 4.57 Å². The number of rotatable bonds is 6. The molecular formula is C29H25N3O3S. The molecule has 0 unspecified atom stereocenters. The molecule has 0 saturated carbocycles. The van der Waals surface area contributed by atoms with Crippen LogP contribution in [0.15, 0.2) is 83.7 Å². The van der Waals surface area contributed by atoms with Crippen LogP contribution in [0.25, 0.3) is 17.3 Å². The molecule has 3 aromatic carbocycles. The average molecular weight is 496 g/mol. The third kappa shape index (κ3) is 5.14. The lowest BCUT2D eigenvalue weighted by Gasteiger charge is -2.09. The molecule has 0 aliphatic heterocycles. The molecule has 0 spiro atoms. The van der Waals surface area contributed by atoms with Crippen molar-refractivity contribution < 1.29 is 9.53 Å². The highest BCUT2D eigenvalue weighted by Gasteiger charge is 2.18. The lowest BCUT2D eigenvalue weighted by molar-refractivity contribution is -0.111. The minimum Gasteiger partial charge on any atom is -0.495 e. The molecule has 0 saturated heterocycles. The fourth-order valence-electron chi connectivity index (χ4n) is 3.72. The fraction of sp³-hybridized carbons (Fsp3) is 0.138. The summed E-state index contributed by atoms with van der Waals surface area (Å²) in [6.07, 6.45) is 1.78. The minimum atomic E-state index is -0.624. The highest BCUT2D eigenvalue weighted by molar-refractivity contribution is 7.07. The Morgan fingerprint density at radius 1 is 1.03 bits per heavy atom. The number of nitrogens with one attached hydrogen (secondary N) is 1. The number of hydrogen-bond acceptors (Lipinski definition) is 5. The van der Waals surface area contributed by atoms with Crippen molar-refractivity contribution in [2.75, 3.05) is 12.4 Å². The molecule has 4 rings (SSSR count). The van der Waals surface area contributed by atoms with Crippen molar-refractivity contribution in [3.05, 3.63) is 110 Å². The van der Waals surface area contributed by atoms with E-state index >= 15 is 0 Å². The van der Waals surface area contributed by atoms with Gasteiger partial charge in [0.25, 0.3) is 11.5 Å². The van der Waals surface area contributed by atoms with Crippen molar-refractivity contribution >= 4 is 34.6 Å². The zero-order valence-corrected chi connectivity index (χ0v) is 21.0. The van der Waals surface area contributed by atoms with Gasteiger partial charge in [-0.05, 0) is 47.4 Å². The van der Waals surface area contributed by atoms with Crippen LogP contribution < -0.4 is 24.8 Å². The van der Waals surface area contributed by atoms with E-state index in [0.29, 0.717) is 27.6 Å². The van der Waals surface area contributed by atoms with Gasteiger partial charge < -0.3 is 10.1 Å². The second kappa shape index (κ2) is 10.9. The highest BCUT2D eigenvalue weighted by atomic mass is 32.1. The number of hydrogen-bond donors (Lipinski definition) is 1. The van der Waals surface area contributed by atoms with Crippen molar-refractivity contribution in [2.45, 2.75) is 19.8 Å². The first-order valence-electron chi connectivity index (χ1n) is 11.4. The number of methoxy groups -OCH3 is 1. The van der Waals surface area contributed by atoms with E-state index < -0.39 is 5.91 Å². The Kier molecular flexibility index (Phi) is 7.47. The normalized spacial score (nSPS) is 12.2. The largest absolute Gasteiger partial charge is 0.495 e. The topological polar surface area (TPSA) is 84.1 Å². The number of carbonyl (C=O) groups is 1. The molecule has 0 bridgehead atoms. The summed E-state index contributed by atoms with van der Waals surface area (Å²) in [6, 6.07) is 25.9. The molecule has 1 amide bonds. The maximum Gasteiger partial charge on any atom is 0.273 e. The molecule has 180 valence electrons. The summed E-state index contributed by atoms with van der Waals surface area (Å²) in [5, 5.41) is 12.7. The lowest BCUT2D eigenvalue weighted by atomic mass is 10.0. The van der Waals surface area contributed by atoms with Gasteiger partial charge in [-0.25, -0.2) is 0 Å². The summed E-state index contributed by atoms with van der Waals surface area (Å²) in [5.74, 6) is 0.242. The molecule has 7 heteroatoms. The highest BCUT2D eigenvalue weighted by Crippen LogP contribution is 2.23. The Morgan fingerprint density at radius 2 is 1.69 bits per heavy atom. The molecular weight excluding hydrogens is 470 g/mol. The quantitative estimate of drug-likeness (QED) is 0.435. The van der Waals surface area contributed by atoms with E-state index in [1.807, 2.05) is 36.4 Å². The lowest BCUT2D eigenvalue weighted by Crippen LogP contribution is -2.32. The van der Waals surface area contributed by atoms with Crippen LogP contribution in [0.5, 0.6) is 5.75 Å². The number of para-hydroxylation sites is 3. The van der Waals surface area contributed by atoms with Gasteiger partial charge in [0.2, 0.25) is 0 Å². The van der Waals surface area contributed by atoms with Crippen molar-refractivity contribution in [1.29, 1.82) is 5.26 Å². The number of benzene rings is 3. The van der Waals surface area contributed by atoms with Gasteiger partial charge in [-0.1, -0.05) is 68.4 Å². The summed E-state index contributed by atoms with van der Waals surface area (Å²) in [5.41, 5.74) is 2.60. The summed E-state index contributed by atoms with van der Waals surface area (Å²) < 4.78 is 7.40. The molecule has 0 atom stereocenters. The number of ether oxygens (including phenoxy) is 1. The first-order valence-corrected chi connectivity index (χ1v) is 12.2. The molecule has 36 heavy (non-hydrogen) atoms. The van der Waals surface area contributed by atoms with Crippen LogP contribution in [-0.2, 0) is 4.79 Å². The molecule has 0 fully saturated rings. The summed E-state index contributed by atoms with van der Waals surface area (Å²) in [7, 11) is 1.50. The molecule has 0 aliphatic rings. The maximum atomic E-state index is 13.5. The molecule has 6 nitrogen and oxygen atoms in total. The van der Waals surface area contributed by atoms with Gasteiger partial charge in [0.15, 0.2) is 5.57 Å². The van der Waals surface area contributed by atoms with Crippen LogP contribution >= 0.6 is 11.3 Å². The van der Waals surface area contributed by atoms with Gasteiger partial charge in [0, 0.05) is 0 Å². The van der Waals surface area contributed by atoms with E-state index in [-0.39, 0.29) is 15.8 Å². The Labute approximate surface area is 213 Å². The third-order valence-electron chi connectivity index (χ3n) is 5.65. The fourth-order valence-corrected chi connectivity index (χ4v) is 4.82. The number of carbonyl (C=O) groups excluding carboxylic acids is 1. The van der Waals surface area contributed by atoms with Gasteiger partial charge in [0.1, 0.15) is 16.5 Å². The number of nitrogens with zero attached hydrogens (tertiary/aromatic N) is 2. The first-order chi connectivity index (χ1) is 17.4. The summed E-state index contributed by atoms with van der Waals surface area (Å²) in [6.45, 7) is 4.25. The van der Waals surface area contributed by atoms with E-state index in [1.54, 1.807) is 54.6 Å². The van der Waals surface area contributed by atoms with E-state index in [0.717, 1.165) is 16.9 Å². The van der Waals surface area contributed by atoms with Crippen molar-refractivity contribution in [2.24, 2.45) is 0 Å². The third-order valence-corrected chi connectivity index (χ3v) is 6.74. The molecule has 0 aliphatic carbocycles. The van der Waals surface area contributed by atoms with E-state index in [4.69, 9.17) is 4.74 Å². The Morgan fingerprint density at radius 3 is 2.33 bits per heavy atom. The Balaban J connectivity index is 1.91. The number of aromatic nitrogens is 1. The molecule has 4 aromatic rings. The van der Waals surface area contributed by atoms with E-state index in [9.17, 15) is 14.9 Å². The maximum absolute atomic E-state index is 13.5. The van der Waals surface area contributed by atoms with Crippen LogP contribution in [-0.4, -0.2) is 17.6 Å². The van der Waals surface area contributed by atoms with Gasteiger partial charge in [-0.15, -0.1) is 11.3 Å². The van der Waals surface area contributed by atoms with Crippen LogP contribution in [0.1, 0.15) is 30.9 Å². The Bertz CT molecular complexity index is 1610. The molecule has 0 radical (unpaired) electrons. The first kappa shape index (κ1) is 24.7. The molecule has 1 aromatic heterocycles. The second-order valence-electron chi connectivity index (χ2n) is 8.35. The van der Waals surface area contributed by atoms with E-state index in [2.05, 4.69) is 19.2 Å². The van der Waals surface area contributed by atoms with Crippen LogP contribution in [0.4, 0.5) is 5.69 Å². The van der Waals surface area contributed by atoms with Gasteiger partial charge in [-0.3, -0.25) is 14.2 Å². The summed E-state index contributed by atoms with van der Waals surface area (Å²) >= 11 is 1.11. The van der Waals surface area contributed by atoms with Crippen molar-refractivity contribution in [3.63, 3.8) is 0 Å². The van der Waals surface area contributed by atoms with Crippen LogP contribution in [0.2, 0.25) is 0 Å². The smallest absolute Gasteiger partial charge is 0.273 e. The van der Waals surface area contributed by atoms with Crippen LogP contribution in [0.3, 0.4) is 0 Å². The SMILES string of the molecule is COc1ccccc1NC(=O)C(C#N)=c1sc(=Cc2ccc(C(C)C)cc2)c(=O)n1-c1ccccc1. The van der Waals surface area contributed by atoms with Gasteiger partial charge in [0.05, 0.1) is 23.0 Å². The Hall–Kier alpha value is -4.41. The summed E-state index contributed by atoms with van der Waals surface area (Å²) in [4.78, 5) is 26.8. The number of nitriles is 1. The zero-order chi connectivity index (χ0) is 25.7. The number of thiazole rings is 1. The van der Waals surface area contributed by atoms with Crippen LogP contribution in [0, 0.1) is 11.3 Å². The van der Waals surface area contributed by atoms with Gasteiger partial charge >= 0.3 is 0 Å². The zero-order valence-electron chi connectivity index (χ0n) is 20.2. The minimum absolute atomic E-state index is 0.165. The standard InChI is InChI=1S/C29H25N3O3S/c1-19(2)21-15-13-20(14-16-21)17-26-28(34)32(22-9-5-4-6-10-22)29(36-26)23(18-30)27(33)31-24-11-7-8-12-25(24)35-3/h4-17,19H,1-3H3,(H,31,33). The van der Waals surface area contributed by atoms with Gasteiger partial charge in [-0.2, -0.15) is 5.26 Å². The number of anilines is 1. The predicted molar refractivity (Wildman–Crippen MR) is 144 cm³/mol. The predicted octanol–water partition coefficient (Wildman–Crippen LogP) is 4.17. The molecule has 1 N–H and O–H groups in total. The molecule has 1 heterocycles.